The van der Waals surface area contributed by atoms with Crippen LogP contribution in [0, 0.1) is 11.3 Å². The Bertz CT molecular complexity index is 312. The Hall–Kier alpha value is -0.0900. The molecule has 0 rings (SSSR count). The zero-order chi connectivity index (χ0) is 13.2. The van der Waals surface area contributed by atoms with E-state index < -0.39 is 9.84 Å². The number of quaternary nitrogens is 1. The summed E-state index contributed by atoms with van der Waals surface area (Å²) in [4.78, 5) is 0. The number of rotatable bonds is 6. The van der Waals surface area contributed by atoms with Crippen molar-refractivity contribution in [2.75, 3.05) is 39.7 Å². The highest BCUT2D eigenvalue weighted by Crippen LogP contribution is 2.27. The monoisotopic (exact) mass is 250 g/mol. The molecule has 98 valence electrons. The summed E-state index contributed by atoms with van der Waals surface area (Å²) in [5, 5.41) is 0. The first-order valence-corrected chi connectivity index (χ1v) is 7.85. The quantitative estimate of drug-likeness (QED) is 0.674. The average molecular weight is 250 g/mol. The molecule has 0 N–H and O–H groups in total. The fraction of sp³-hybridized carbons (Fsp3) is 1.00. The zero-order valence-corrected chi connectivity index (χ0v) is 12.7. The zero-order valence-electron chi connectivity index (χ0n) is 11.9. The summed E-state index contributed by atoms with van der Waals surface area (Å²) in [6, 6.07) is 0. The number of hydrogen-bond acceptors (Lipinski definition) is 2. The van der Waals surface area contributed by atoms with Crippen molar-refractivity contribution in [2.45, 2.75) is 27.2 Å². The molecule has 0 saturated heterocycles. The van der Waals surface area contributed by atoms with Crippen molar-refractivity contribution in [1.82, 2.24) is 0 Å². The molecule has 16 heavy (non-hydrogen) atoms. The number of nitrogens with zero attached hydrogens (tertiary/aromatic N) is 1. The summed E-state index contributed by atoms with van der Waals surface area (Å²) in [6.45, 7) is 7.36. The summed E-state index contributed by atoms with van der Waals surface area (Å²) >= 11 is 0. The first-order valence-electron chi connectivity index (χ1n) is 5.79. The Kier molecular flexibility index (Phi) is 5.02. The number of sulfone groups is 1. The van der Waals surface area contributed by atoms with Crippen LogP contribution in [-0.4, -0.2) is 52.6 Å². The molecule has 0 radical (unpaired) electrons. The predicted octanol–water partition coefficient (Wildman–Crippen LogP) is 1.79. The molecule has 0 fully saturated rings. The molecule has 1 unspecified atom stereocenters. The maximum absolute atomic E-state index is 11.3. The summed E-state index contributed by atoms with van der Waals surface area (Å²) < 4.78 is 23.5. The van der Waals surface area contributed by atoms with Crippen molar-refractivity contribution in [3.05, 3.63) is 0 Å². The predicted molar refractivity (Wildman–Crippen MR) is 70.2 cm³/mol. The van der Waals surface area contributed by atoms with Crippen molar-refractivity contribution >= 4 is 9.84 Å². The van der Waals surface area contributed by atoms with Crippen molar-refractivity contribution < 1.29 is 12.9 Å². The molecule has 0 aliphatic rings. The molecule has 0 amide bonds. The van der Waals surface area contributed by atoms with Gasteiger partial charge in [-0.3, -0.25) is 0 Å². The van der Waals surface area contributed by atoms with E-state index in [0.29, 0.717) is 5.92 Å². The van der Waals surface area contributed by atoms with E-state index in [-0.39, 0.29) is 11.2 Å². The Morgan fingerprint density at radius 3 is 1.94 bits per heavy atom. The van der Waals surface area contributed by atoms with Gasteiger partial charge >= 0.3 is 0 Å². The Morgan fingerprint density at radius 1 is 1.19 bits per heavy atom. The average Bonchev–Trinajstić information content (AvgIpc) is 1.70. The van der Waals surface area contributed by atoms with Crippen LogP contribution >= 0.6 is 0 Å². The van der Waals surface area contributed by atoms with E-state index in [9.17, 15) is 8.42 Å². The third-order valence-corrected chi connectivity index (χ3v) is 3.72. The van der Waals surface area contributed by atoms with Crippen LogP contribution in [0.15, 0.2) is 0 Å². The summed E-state index contributed by atoms with van der Waals surface area (Å²) in [5.41, 5.74) is -0.123. The summed E-state index contributed by atoms with van der Waals surface area (Å²) in [5.74, 6) is 0.818. The molecule has 0 bridgehead atoms. The second kappa shape index (κ2) is 5.05. The van der Waals surface area contributed by atoms with Gasteiger partial charge in [0.1, 0.15) is 9.84 Å². The van der Waals surface area contributed by atoms with E-state index in [2.05, 4.69) is 28.1 Å². The lowest BCUT2D eigenvalue weighted by Gasteiger charge is -2.32. The molecule has 3 nitrogen and oxygen atoms in total. The molecule has 0 aromatic heterocycles. The standard InChI is InChI=1S/C12H28NO2S/c1-11(9-13(4,5)6)8-12(2,3)10-16(7,14)15/h11H,8-10H2,1-7H3/q+1. The van der Waals surface area contributed by atoms with E-state index in [1.165, 1.54) is 6.26 Å². The first kappa shape index (κ1) is 15.9. The highest BCUT2D eigenvalue weighted by Gasteiger charge is 2.27. The van der Waals surface area contributed by atoms with Crippen LogP contribution in [0.5, 0.6) is 0 Å². The van der Waals surface area contributed by atoms with Gasteiger partial charge in [0.05, 0.1) is 33.4 Å². The third kappa shape index (κ3) is 9.16. The fourth-order valence-electron chi connectivity index (χ4n) is 2.71. The SMILES string of the molecule is CC(CC(C)(C)CS(C)(=O)=O)C[N+](C)(C)C. The van der Waals surface area contributed by atoms with Crippen LogP contribution in [-0.2, 0) is 9.84 Å². The molecule has 0 aliphatic heterocycles. The molecule has 0 saturated carbocycles. The van der Waals surface area contributed by atoms with Gasteiger partial charge in [-0.05, 0) is 11.8 Å². The van der Waals surface area contributed by atoms with Gasteiger partial charge in [0, 0.05) is 12.2 Å². The van der Waals surface area contributed by atoms with Crippen molar-refractivity contribution in [3.63, 3.8) is 0 Å². The minimum Gasteiger partial charge on any atom is -0.331 e. The fourth-order valence-corrected chi connectivity index (χ4v) is 4.25. The molecule has 0 aromatic carbocycles. The van der Waals surface area contributed by atoms with Crippen LogP contribution < -0.4 is 0 Å². The van der Waals surface area contributed by atoms with Crippen LogP contribution in [0.2, 0.25) is 0 Å². The van der Waals surface area contributed by atoms with Crippen LogP contribution in [0.1, 0.15) is 27.2 Å². The molecular weight excluding hydrogens is 222 g/mol. The molecule has 0 aromatic rings. The van der Waals surface area contributed by atoms with Gasteiger partial charge < -0.3 is 4.48 Å². The van der Waals surface area contributed by atoms with Crippen molar-refractivity contribution in [2.24, 2.45) is 11.3 Å². The first-order chi connectivity index (χ1) is 6.81. The third-order valence-electron chi connectivity index (χ3n) is 2.41. The molecular formula is C12H28NO2S+. The van der Waals surface area contributed by atoms with Crippen LogP contribution in [0.4, 0.5) is 0 Å². The molecule has 0 heterocycles. The maximum atomic E-state index is 11.3. The lowest BCUT2D eigenvalue weighted by atomic mass is 9.85. The second-order valence-electron chi connectivity index (χ2n) is 7.02. The van der Waals surface area contributed by atoms with E-state index in [1.807, 2.05) is 13.8 Å². The van der Waals surface area contributed by atoms with Crippen molar-refractivity contribution in [1.29, 1.82) is 0 Å². The van der Waals surface area contributed by atoms with E-state index in [1.54, 1.807) is 0 Å². The summed E-state index contributed by atoms with van der Waals surface area (Å²) in [7, 11) is 3.62. The normalized spacial score (nSPS) is 16.2. The van der Waals surface area contributed by atoms with Gasteiger partial charge in [-0.15, -0.1) is 0 Å². The van der Waals surface area contributed by atoms with E-state index in [4.69, 9.17) is 0 Å². The topological polar surface area (TPSA) is 34.1 Å². The largest absolute Gasteiger partial charge is 0.331 e. The smallest absolute Gasteiger partial charge is 0.147 e. The van der Waals surface area contributed by atoms with Gasteiger partial charge in [-0.1, -0.05) is 20.8 Å². The lowest BCUT2D eigenvalue weighted by Crippen LogP contribution is -2.40. The molecule has 0 spiro atoms. The molecule has 1 atom stereocenters. The molecule has 0 aliphatic carbocycles. The summed E-state index contributed by atoms with van der Waals surface area (Å²) in [6.07, 6.45) is 2.27. The highest BCUT2D eigenvalue weighted by molar-refractivity contribution is 7.90. The van der Waals surface area contributed by atoms with Gasteiger partial charge in [-0.2, -0.15) is 0 Å². The minimum absolute atomic E-state index is 0.123. The maximum Gasteiger partial charge on any atom is 0.147 e. The highest BCUT2D eigenvalue weighted by atomic mass is 32.2. The van der Waals surface area contributed by atoms with Crippen LogP contribution in [0.25, 0.3) is 0 Å². The second-order valence-corrected chi connectivity index (χ2v) is 9.16. The van der Waals surface area contributed by atoms with E-state index in [0.717, 1.165) is 17.4 Å². The van der Waals surface area contributed by atoms with Gasteiger partial charge in [-0.25, -0.2) is 8.42 Å². The van der Waals surface area contributed by atoms with Crippen LogP contribution in [0.3, 0.4) is 0 Å². The van der Waals surface area contributed by atoms with Gasteiger partial charge in [0.15, 0.2) is 0 Å². The van der Waals surface area contributed by atoms with E-state index >= 15 is 0 Å². The Labute approximate surface area is 101 Å². The van der Waals surface area contributed by atoms with Gasteiger partial charge in [0.25, 0.3) is 0 Å². The number of hydrogen-bond donors (Lipinski definition) is 0. The van der Waals surface area contributed by atoms with Crippen molar-refractivity contribution in [3.8, 4) is 0 Å². The molecule has 4 heteroatoms. The van der Waals surface area contributed by atoms with Gasteiger partial charge in [0.2, 0.25) is 0 Å². The minimum atomic E-state index is -2.88. The lowest BCUT2D eigenvalue weighted by molar-refractivity contribution is -0.873. The Morgan fingerprint density at radius 2 is 1.62 bits per heavy atom. The Balaban J connectivity index is 4.37.